The Kier molecular flexibility index (Phi) is 4.90. The molecule has 0 aliphatic rings. The van der Waals surface area contributed by atoms with E-state index >= 15 is 0 Å². The maximum atomic E-state index is 13.3. The Balaban J connectivity index is 2.37. The first kappa shape index (κ1) is 16.3. The number of sulfonamides is 1. The van der Waals surface area contributed by atoms with Crippen LogP contribution in [-0.4, -0.2) is 15.5 Å². The molecule has 1 N–H and O–H groups in total. The van der Waals surface area contributed by atoms with E-state index in [1.54, 1.807) is 12.1 Å². The van der Waals surface area contributed by atoms with E-state index in [-0.39, 0.29) is 16.3 Å². The van der Waals surface area contributed by atoms with Crippen LogP contribution in [0.3, 0.4) is 0 Å². The molecule has 0 saturated heterocycles. The van der Waals surface area contributed by atoms with Crippen LogP contribution in [0.1, 0.15) is 0 Å². The van der Waals surface area contributed by atoms with Gasteiger partial charge in [0.1, 0.15) is 4.90 Å². The summed E-state index contributed by atoms with van der Waals surface area (Å²) in [5, 5.41) is 0. The number of hydrogen-bond donors (Lipinski definition) is 1. The van der Waals surface area contributed by atoms with Crippen LogP contribution in [0, 0.1) is 5.82 Å². The Morgan fingerprint density at radius 2 is 1.86 bits per heavy atom. The number of halogens is 3. The lowest BCUT2D eigenvalue weighted by Gasteiger charge is -2.11. The molecule has 0 radical (unpaired) electrons. The topological polar surface area (TPSA) is 55.4 Å². The maximum absolute atomic E-state index is 13.3. The van der Waals surface area contributed by atoms with E-state index in [9.17, 15) is 12.8 Å². The van der Waals surface area contributed by atoms with Crippen LogP contribution >= 0.6 is 31.9 Å². The monoisotopic (exact) mass is 437 g/mol. The van der Waals surface area contributed by atoms with Gasteiger partial charge in [-0.05, 0) is 46.3 Å². The molecule has 0 aliphatic heterocycles. The van der Waals surface area contributed by atoms with Crippen molar-refractivity contribution in [3.8, 4) is 5.75 Å². The van der Waals surface area contributed by atoms with Crippen molar-refractivity contribution in [2.45, 2.75) is 4.90 Å². The molecule has 8 heteroatoms. The second-order valence-corrected chi connectivity index (χ2v) is 7.45. The lowest BCUT2D eigenvalue weighted by atomic mass is 10.3. The van der Waals surface area contributed by atoms with Gasteiger partial charge in [-0.1, -0.05) is 15.9 Å². The summed E-state index contributed by atoms with van der Waals surface area (Å²) >= 11 is 6.46. The van der Waals surface area contributed by atoms with Gasteiger partial charge in [0, 0.05) is 15.0 Å². The molecule has 0 unspecified atom stereocenters. The number of benzene rings is 2. The molecule has 0 atom stereocenters. The first-order valence-corrected chi connectivity index (χ1v) is 8.72. The van der Waals surface area contributed by atoms with E-state index in [4.69, 9.17) is 4.74 Å². The smallest absolute Gasteiger partial charge is 0.263 e. The van der Waals surface area contributed by atoms with Crippen molar-refractivity contribution in [1.29, 1.82) is 0 Å². The van der Waals surface area contributed by atoms with Crippen molar-refractivity contribution < 1.29 is 17.5 Å². The average molecular weight is 439 g/mol. The fourth-order valence-corrected chi connectivity index (χ4v) is 4.42. The van der Waals surface area contributed by atoms with Gasteiger partial charge >= 0.3 is 0 Å². The maximum Gasteiger partial charge on any atom is 0.263 e. The highest BCUT2D eigenvalue weighted by molar-refractivity contribution is 9.11. The van der Waals surface area contributed by atoms with Gasteiger partial charge in [-0.25, -0.2) is 12.8 Å². The Morgan fingerprint density at radius 3 is 2.48 bits per heavy atom. The van der Waals surface area contributed by atoms with Crippen molar-refractivity contribution in [1.82, 2.24) is 0 Å². The zero-order valence-electron chi connectivity index (χ0n) is 10.7. The average Bonchev–Trinajstić information content (AvgIpc) is 2.40. The summed E-state index contributed by atoms with van der Waals surface area (Å²) in [7, 11) is -2.49. The fourth-order valence-electron chi connectivity index (χ4n) is 1.63. The minimum atomic E-state index is -3.79. The third kappa shape index (κ3) is 3.75. The van der Waals surface area contributed by atoms with Crippen LogP contribution in [0.5, 0.6) is 5.75 Å². The van der Waals surface area contributed by atoms with Crippen LogP contribution in [0.2, 0.25) is 0 Å². The van der Waals surface area contributed by atoms with Gasteiger partial charge in [-0.2, -0.15) is 0 Å². The molecule has 2 rings (SSSR count). The zero-order chi connectivity index (χ0) is 15.6. The van der Waals surface area contributed by atoms with Gasteiger partial charge in [0.15, 0.2) is 11.6 Å². The third-order valence-corrected chi connectivity index (χ3v) is 5.44. The summed E-state index contributed by atoms with van der Waals surface area (Å²) in [5.41, 5.74) is 0.211. The minimum Gasteiger partial charge on any atom is -0.494 e. The van der Waals surface area contributed by atoms with Crippen LogP contribution in [0.15, 0.2) is 50.2 Å². The standard InChI is InChI=1S/C13H10Br2FNO3S/c1-20-12-7-9(3-4-11(12)16)17-21(18,19)13-5-2-8(14)6-10(13)15/h2-7,17H,1H3. The fraction of sp³-hybridized carbons (Fsp3) is 0.0769. The zero-order valence-corrected chi connectivity index (χ0v) is 14.7. The highest BCUT2D eigenvalue weighted by atomic mass is 79.9. The second-order valence-electron chi connectivity index (χ2n) is 4.03. The van der Waals surface area contributed by atoms with Gasteiger partial charge in [-0.3, -0.25) is 4.72 Å². The Bertz CT molecular complexity index is 781. The first-order valence-electron chi connectivity index (χ1n) is 5.65. The summed E-state index contributed by atoms with van der Waals surface area (Å²) in [6, 6.07) is 8.43. The van der Waals surface area contributed by atoms with Gasteiger partial charge in [0.05, 0.1) is 12.8 Å². The predicted molar refractivity (Wildman–Crippen MR) is 85.6 cm³/mol. The molecule has 0 heterocycles. The molecule has 2 aromatic carbocycles. The highest BCUT2D eigenvalue weighted by Gasteiger charge is 2.18. The largest absolute Gasteiger partial charge is 0.494 e. The number of anilines is 1. The van der Waals surface area contributed by atoms with E-state index in [1.807, 2.05) is 0 Å². The molecular formula is C13H10Br2FNO3S. The molecule has 21 heavy (non-hydrogen) atoms. The molecule has 2 aromatic rings. The molecular weight excluding hydrogens is 429 g/mol. The Labute approximate surface area is 138 Å². The summed E-state index contributed by atoms with van der Waals surface area (Å²) < 4.78 is 46.3. The second kappa shape index (κ2) is 6.33. The van der Waals surface area contributed by atoms with Crippen LogP contribution in [0.4, 0.5) is 10.1 Å². The Hall–Kier alpha value is -1.12. The molecule has 0 aromatic heterocycles. The van der Waals surface area contributed by atoms with Crippen LogP contribution in [0.25, 0.3) is 0 Å². The van der Waals surface area contributed by atoms with Gasteiger partial charge < -0.3 is 4.74 Å². The summed E-state index contributed by atoms with van der Waals surface area (Å²) in [6.45, 7) is 0. The van der Waals surface area contributed by atoms with Gasteiger partial charge in [-0.15, -0.1) is 0 Å². The van der Waals surface area contributed by atoms with E-state index < -0.39 is 15.8 Å². The highest BCUT2D eigenvalue weighted by Crippen LogP contribution is 2.28. The molecule has 0 fully saturated rings. The number of ether oxygens (including phenoxy) is 1. The lowest BCUT2D eigenvalue weighted by Crippen LogP contribution is -2.13. The summed E-state index contributed by atoms with van der Waals surface area (Å²) in [5.74, 6) is -0.602. The third-order valence-electron chi connectivity index (χ3n) is 2.59. The normalized spacial score (nSPS) is 11.2. The quantitative estimate of drug-likeness (QED) is 0.779. The van der Waals surface area contributed by atoms with Crippen molar-refractivity contribution >= 4 is 47.6 Å². The van der Waals surface area contributed by atoms with E-state index in [2.05, 4.69) is 36.6 Å². The molecule has 0 aliphatic carbocycles. The Morgan fingerprint density at radius 1 is 1.14 bits per heavy atom. The van der Waals surface area contributed by atoms with E-state index in [0.29, 0.717) is 4.47 Å². The van der Waals surface area contributed by atoms with Crippen molar-refractivity contribution in [2.75, 3.05) is 11.8 Å². The number of hydrogen-bond acceptors (Lipinski definition) is 3. The number of nitrogens with one attached hydrogen (secondary N) is 1. The van der Waals surface area contributed by atoms with Crippen molar-refractivity contribution in [3.05, 3.63) is 51.2 Å². The van der Waals surface area contributed by atoms with E-state index in [0.717, 1.165) is 10.5 Å². The van der Waals surface area contributed by atoms with E-state index in [1.165, 1.54) is 25.3 Å². The predicted octanol–water partition coefficient (Wildman–Crippen LogP) is 4.16. The SMILES string of the molecule is COc1cc(NS(=O)(=O)c2ccc(Br)cc2Br)ccc1F. The molecule has 0 bridgehead atoms. The van der Waals surface area contributed by atoms with Crippen molar-refractivity contribution in [3.63, 3.8) is 0 Å². The van der Waals surface area contributed by atoms with Gasteiger partial charge in [0.2, 0.25) is 0 Å². The van der Waals surface area contributed by atoms with Gasteiger partial charge in [0.25, 0.3) is 10.0 Å². The molecule has 0 amide bonds. The van der Waals surface area contributed by atoms with Crippen LogP contribution < -0.4 is 9.46 Å². The molecule has 4 nitrogen and oxygen atoms in total. The van der Waals surface area contributed by atoms with Crippen LogP contribution in [-0.2, 0) is 10.0 Å². The first-order chi connectivity index (χ1) is 9.83. The number of rotatable bonds is 4. The number of methoxy groups -OCH3 is 1. The lowest BCUT2D eigenvalue weighted by molar-refractivity contribution is 0.387. The summed E-state index contributed by atoms with van der Waals surface area (Å²) in [6.07, 6.45) is 0. The summed E-state index contributed by atoms with van der Waals surface area (Å²) in [4.78, 5) is 0.0778. The molecule has 112 valence electrons. The minimum absolute atomic E-state index is 0.0370. The molecule has 0 saturated carbocycles. The molecule has 0 spiro atoms. The van der Waals surface area contributed by atoms with Crippen molar-refractivity contribution in [2.24, 2.45) is 0 Å².